The summed E-state index contributed by atoms with van der Waals surface area (Å²) in [4.78, 5) is 0. The Hall–Kier alpha value is -4.28. The number of hydrogen-bond acceptors (Lipinski definition) is 2. The number of rotatable bonds is 15. The van der Waals surface area contributed by atoms with E-state index in [1.54, 1.807) is 0 Å². The molecule has 0 spiro atoms. The molecule has 0 aliphatic rings. The van der Waals surface area contributed by atoms with Crippen LogP contribution in [0.25, 0.3) is 0 Å². The van der Waals surface area contributed by atoms with E-state index in [2.05, 4.69) is 109 Å². The molecule has 0 saturated carbocycles. The molecule has 0 fully saturated rings. The Balaban J connectivity index is 1.84. The highest BCUT2D eigenvalue weighted by molar-refractivity contribution is 6.90. The smallest absolute Gasteiger partial charge is 0.146 e. The summed E-state index contributed by atoms with van der Waals surface area (Å²) in [6, 6.07) is 20.1. The highest BCUT2D eigenvalue weighted by atomic mass is 28.3. The molecular formula is C47H58O2Si. The van der Waals surface area contributed by atoms with Gasteiger partial charge in [-0.25, -0.2) is 0 Å². The summed E-state index contributed by atoms with van der Waals surface area (Å²) in [5, 5.41) is 0. The van der Waals surface area contributed by atoms with E-state index in [1.807, 2.05) is 48.5 Å². The van der Waals surface area contributed by atoms with Gasteiger partial charge in [-0.2, -0.15) is 0 Å². The predicted octanol–water partition coefficient (Wildman–Crippen LogP) is 12.0. The van der Waals surface area contributed by atoms with Crippen LogP contribution < -0.4 is 9.47 Å². The van der Waals surface area contributed by atoms with Crippen LogP contribution >= 0.6 is 0 Å². The molecular weight excluding hydrogens is 625 g/mol. The van der Waals surface area contributed by atoms with Crippen LogP contribution in [0, 0.1) is 47.5 Å². The van der Waals surface area contributed by atoms with Crippen LogP contribution in [-0.2, 0) is 0 Å². The van der Waals surface area contributed by atoms with Gasteiger partial charge in [0.05, 0.1) is 13.2 Å². The van der Waals surface area contributed by atoms with Gasteiger partial charge in [0.1, 0.15) is 19.6 Å². The standard InChI is InChI=1S/C47H58O2Si/c1-10-13-15-17-28-48-46-33-40(12-3)31-43(34-46)25-23-41-19-21-42(22-20-41)24-26-44-32-45(36-47(35-44)49-29-18-16-14-11-2)27-30-50(37(4)5,38(6)7)39(8)9/h3,19-22,31-39H,10-11,13-18,28-29H2,1-2,4-9H3. The molecule has 0 amide bonds. The van der Waals surface area contributed by atoms with E-state index < -0.39 is 8.07 Å². The molecule has 0 N–H and O–H groups in total. The first-order chi connectivity index (χ1) is 24.1. The van der Waals surface area contributed by atoms with Crippen molar-refractivity contribution in [3.63, 3.8) is 0 Å². The Morgan fingerprint density at radius 1 is 0.500 bits per heavy atom. The number of ether oxygens (including phenoxy) is 2. The summed E-state index contributed by atoms with van der Waals surface area (Å²) in [5.74, 6) is 21.2. The lowest BCUT2D eigenvalue weighted by atomic mass is 10.1. The highest BCUT2D eigenvalue weighted by Crippen LogP contribution is 2.40. The number of terminal acetylenes is 1. The van der Waals surface area contributed by atoms with Crippen molar-refractivity contribution in [1.82, 2.24) is 0 Å². The normalized spacial score (nSPS) is 10.8. The molecule has 0 unspecified atom stereocenters. The van der Waals surface area contributed by atoms with Crippen LogP contribution in [0.2, 0.25) is 16.6 Å². The average molecular weight is 683 g/mol. The van der Waals surface area contributed by atoms with Gasteiger partial charge >= 0.3 is 0 Å². The predicted molar refractivity (Wildman–Crippen MR) is 216 cm³/mol. The highest BCUT2D eigenvalue weighted by Gasteiger charge is 2.41. The molecule has 0 aliphatic carbocycles. The summed E-state index contributed by atoms with van der Waals surface area (Å²) in [5.41, 5.74) is 10.9. The Kier molecular flexibility index (Phi) is 16.9. The average Bonchev–Trinajstić information content (AvgIpc) is 3.10. The minimum absolute atomic E-state index is 0.574. The topological polar surface area (TPSA) is 18.5 Å². The molecule has 0 aliphatic heterocycles. The first kappa shape index (κ1) is 40.1. The quantitative estimate of drug-likeness (QED) is 0.0902. The van der Waals surface area contributed by atoms with E-state index in [1.165, 1.54) is 38.5 Å². The third kappa shape index (κ3) is 12.6. The summed E-state index contributed by atoms with van der Waals surface area (Å²) in [7, 11) is -1.87. The molecule has 262 valence electrons. The number of hydrogen-bond donors (Lipinski definition) is 0. The molecule has 50 heavy (non-hydrogen) atoms. The van der Waals surface area contributed by atoms with Gasteiger partial charge in [-0.15, -0.1) is 12.0 Å². The molecule has 0 heterocycles. The Morgan fingerprint density at radius 3 is 1.28 bits per heavy atom. The van der Waals surface area contributed by atoms with Crippen LogP contribution in [0.5, 0.6) is 11.5 Å². The third-order valence-corrected chi connectivity index (χ3v) is 15.7. The molecule has 3 heteroatoms. The molecule has 0 radical (unpaired) electrons. The van der Waals surface area contributed by atoms with E-state index >= 15 is 0 Å². The van der Waals surface area contributed by atoms with Crippen LogP contribution in [-0.4, -0.2) is 21.3 Å². The lowest BCUT2D eigenvalue weighted by molar-refractivity contribution is 0.305. The number of benzene rings is 3. The van der Waals surface area contributed by atoms with Gasteiger partial charge < -0.3 is 9.47 Å². The lowest BCUT2D eigenvalue weighted by Crippen LogP contribution is -2.43. The van der Waals surface area contributed by atoms with Crippen molar-refractivity contribution >= 4 is 8.07 Å². The van der Waals surface area contributed by atoms with Crippen molar-refractivity contribution in [2.24, 2.45) is 0 Å². The van der Waals surface area contributed by atoms with Crippen LogP contribution in [0.3, 0.4) is 0 Å². The van der Waals surface area contributed by atoms with E-state index in [4.69, 9.17) is 15.9 Å². The van der Waals surface area contributed by atoms with Gasteiger partial charge in [0.2, 0.25) is 0 Å². The summed E-state index contributed by atoms with van der Waals surface area (Å²) >= 11 is 0. The van der Waals surface area contributed by atoms with Gasteiger partial charge in [-0.3, -0.25) is 0 Å². The van der Waals surface area contributed by atoms with E-state index in [0.29, 0.717) is 29.8 Å². The van der Waals surface area contributed by atoms with E-state index in [9.17, 15) is 0 Å². The molecule has 3 aromatic rings. The fourth-order valence-corrected chi connectivity index (χ4v) is 11.9. The van der Waals surface area contributed by atoms with Gasteiger partial charge in [0.25, 0.3) is 0 Å². The monoisotopic (exact) mass is 682 g/mol. The second-order valence-corrected chi connectivity index (χ2v) is 19.8. The van der Waals surface area contributed by atoms with Crippen molar-refractivity contribution in [3.05, 3.63) is 94.0 Å². The maximum Gasteiger partial charge on any atom is 0.146 e. The van der Waals surface area contributed by atoms with Crippen molar-refractivity contribution in [2.75, 3.05) is 13.2 Å². The van der Waals surface area contributed by atoms with Gasteiger partial charge in [-0.05, 0) is 90.1 Å². The maximum absolute atomic E-state index is 6.24. The fourth-order valence-electron chi connectivity index (χ4n) is 6.64. The minimum atomic E-state index is -1.87. The lowest BCUT2D eigenvalue weighted by Gasteiger charge is -2.38. The van der Waals surface area contributed by atoms with Crippen molar-refractivity contribution in [2.45, 2.75) is 123 Å². The van der Waals surface area contributed by atoms with Crippen molar-refractivity contribution in [1.29, 1.82) is 0 Å². The minimum Gasteiger partial charge on any atom is -0.494 e. The second-order valence-electron chi connectivity index (χ2n) is 14.2. The van der Waals surface area contributed by atoms with Crippen LogP contribution in [0.1, 0.15) is 140 Å². The zero-order valence-electron chi connectivity index (χ0n) is 32.0. The summed E-state index contributed by atoms with van der Waals surface area (Å²) < 4.78 is 12.2. The van der Waals surface area contributed by atoms with Gasteiger partial charge in [0, 0.05) is 33.4 Å². The molecule has 0 saturated heterocycles. The molecule has 0 bridgehead atoms. The molecule has 0 aromatic heterocycles. The zero-order valence-corrected chi connectivity index (χ0v) is 33.0. The SMILES string of the molecule is C#Cc1cc(C#Cc2ccc(C#Cc3cc(C#C[Si](C(C)C)(C(C)C)C(C)C)cc(OCCCCCC)c3)cc2)cc(OCCCCCC)c1. The van der Waals surface area contributed by atoms with Gasteiger partial charge in [0.15, 0.2) is 0 Å². The van der Waals surface area contributed by atoms with E-state index in [-0.39, 0.29) is 0 Å². The van der Waals surface area contributed by atoms with Crippen molar-refractivity contribution in [3.8, 4) is 59.0 Å². The maximum atomic E-state index is 6.24. The Morgan fingerprint density at radius 2 is 0.880 bits per heavy atom. The van der Waals surface area contributed by atoms with Crippen molar-refractivity contribution < 1.29 is 9.47 Å². The van der Waals surface area contributed by atoms with E-state index in [0.717, 1.165) is 57.7 Å². The molecule has 0 atom stereocenters. The van der Waals surface area contributed by atoms with Crippen LogP contribution in [0.15, 0.2) is 60.7 Å². The Bertz CT molecular complexity index is 1710. The second kappa shape index (κ2) is 21.1. The summed E-state index contributed by atoms with van der Waals surface area (Å²) in [6.07, 6.45) is 15.0. The molecule has 3 rings (SSSR count). The largest absolute Gasteiger partial charge is 0.494 e. The molecule has 3 aromatic carbocycles. The number of unbranched alkanes of at least 4 members (excludes halogenated alkanes) is 6. The Labute approximate surface area is 306 Å². The first-order valence-corrected chi connectivity index (χ1v) is 21.0. The summed E-state index contributed by atoms with van der Waals surface area (Å²) in [6.45, 7) is 19.9. The van der Waals surface area contributed by atoms with Gasteiger partial charge in [-0.1, -0.05) is 129 Å². The van der Waals surface area contributed by atoms with Crippen LogP contribution in [0.4, 0.5) is 0 Å². The zero-order chi connectivity index (χ0) is 36.4. The third-order valence-electron chi connectivity index (χ3n) is 9.39. The first-order valence-electron chi connectivity index (χ1n) is 18.8. The molecule has 2 nitrogen and oxygen atoms in total. The fraction of sp³-hybridized carbons (Fsp3) is 0.447.